The number of rotatable bonds is 6. The lowest BCUT2D eigenvalue weighted by Crippen LogP contribution is -2.52. The van der Waals surface area contributed by atoms with Gasteiger partial charge in [-0.15, -0.1) is 0 Å². The van der Waals surface area contributed by atoms with Gasteiger partial charge in [-0.1, -0.05) is 32.9 Å². The summed E-state index contributed by atoms with van der Waals surface area (Å²) in [5.74, 6) is -0.325. The second-order valence-electron chi connectivity index (χ2n) is 9.94. The summed E-state index contributed by atoms with van der Waals surface area (Å²) in [5, 5.41) is 2.64. The lowest BCUT2D eigenvalue weighted by Gasteiger charge is -2.36. The summed E-state index contributed by atoms with van der Waals surface area (Å²) < 4.78 is 51.4. The van der Waals surface area contributed by atoms with Crippen molar-refractivity contribution in [3.63, 3.8) is 0 Å². The Labute approximate surface area is 208 Å². The molecule has 196 valence electrons. The molecular formula is C26H32F4N4O2. The van der Waals surface area contributed by atoms with Crippen LogP contribution in [-0.4, -0.2) is 65.9 Å². The molecule has 3 amide bonds. The van der Waals surface area contributed by atoms with E-state index in [1.807, 2.05) is 20.8 Å². The average molecular weight is 509 g/mol. The number of nitrogens with one attached hydrogen (secondary N) is 1. The van der Waals surface area contributed by atoms with Gasteiger partial charge < -0.3 is 15.1 Å². The molecule has 0 bridgehead atoms. The molecule has 0 saturated carbocycles. The zero-order valence-electron chi connectivity index (χ0n) is 20.7. The van der Waals surface area contributed by atoms with Crippen molar-refractivity contribution in [3.8, 4) is 0 Å². The van der Waals surface area contributed by atoms with E-state index in [0.717, 1.165) is 17.7 Å². The number of hydrogen-bond donors (Lipinski definition) is 1. The topological polar surface area (TPSA) is 55.9 Å². The van der Waals surface area contributed by atoms with Crippen molar-refractivity contribution in [2.45, 2.75) is 33.5 Å². The van der Waals surface area contributed by atoms with Crippen LogP contribution in [-0.2, 0) is 17.5 Å². The summed E-state index contributed by atoms with van der Waals surface area (Å²) in [6.45, 7) is 9.20. The lowest BCUT2D eigenvalue weighted by atomic mass is 9.94. The van der Waals surface area contributed by atoms with Gasteiger partial charge in [-0.05, 0) is 42.0 Å². The smallest absolute Gasteiger partial charge is 0.337 e. The average Bonchev–Trinajstić information content (AvgIpc) is 2.82. The number of alkyl halides is 3. The second kappa shape index (κ2) is 11.3. The molecule has 0 spiro atoms. The summed E-state index contributed by atoms with van der Waals surface area (Å²) in [5.41, 5.74) is -0.186. The summed E-state index contributed by atoms with van der Waals surface area (Å²) in [6, 6.07) is 10.1. The number of hydrogen-bond acceptors (Lipinski definition) is 3. The largest absolute Gasteiger partial charge is 0.416 e. The number of halogens is 4. The van der Waals surface area contributed by atoms with Crippen molar-refractivity contribution in [3.05, 3.63) is 65.5 Å². The molecular weight excluding hydrogens is 476 g/mol. The fourth-order valence-electron chi connectivity index (χ4n) is 3.92. The molecule has 6 nitrogen and oxygen atoms in total. The Morgan fingerprint density at radius 1 is 0.917 bits per heavy atom. The standard InChI is InChI=1S/C26H32F4N4O2/c1-25(2,3)23(35)34(18-19-4-8-21(27)9-5-19)17-14-32-12-15-33(16-13-32)24(36)31-22-10-6-20(7-11-22)26(28,29)30/h4-11H,12-18H2,1-3H3,(H,31,36). The molecule has 2 aromatic carbocycles. The highest BCUT2D eigenvalue weighted by Crippen LogP contribution is 2.30. The Morgan fingerprint density at radius 2 is 1.50 bits per heavy atom. The van der Waals surface area contributed by atoms with E-state index in [0.29, 0.717) is 51.5 Å². The summed E-state index contributed by atoms with van der Waals surface area (Å²) >= 11 is 0. The third-order valence-corrected chi connectivity index (χ3v) is 6.02. The Balaban J connectivity index is 1.51. The first-order valence-electron chi connectivity index (χ1n) is 11.8. The number of urea groups is 1. The van der Waals surface area contributed by atoms with Crippen molar-refractivity contribution in [2.75, 3.05) is 44.6 Å². The van der Waals surface area contributed by atoms with Gasteiger partial charge in [0.2, 0.25) is 5.91 Å². The van der Waals surface area contributed by atoms with Crippen LogP contribution in [0.1, 0.15) is 31.9 Å². The molecule has 1 fully saturated rings. The minimum Gasteiger partial charge on any atom is -0.337 e. The molecule has 1 aliphatic rings. The maximum atomic E-state index is 13.3. The number of amides is 3. The molecule has 2 aromatic rings. The van der Waals surface area contributed by atoms with Gasteiger partial charge in [-0.3, -0.25) is 9.69 Å². The first-order chi connectivity index (χ1) is 16.8. The molecule has 0 aromatic heterocycles. The number of carbonyl (C=O) groups excluding carboxylic acids is 2. The van der Waals surface area contributed by atoms with E-state index in [4.69, 9.17) is 0 Å². The van der Waals surface area contributed by atoms with E-state index in [1.54, 1.807) is 21.9 Å². The maximum absolute atomic E-state index is 13.3. The SMILES string of the molecule is CC(C)(C)C(=O)N(CCN1CCN(C(=O)Nc2ccc(C(F)(F)F)cc2)CC1)Cc1ccc(F)cc1. The van der Waals surface area contributed by atoms with Gasteiger partial charge in [-0.2, -0.15) is 13.2 Å². The summed E-state index contributed by atoms with van der Waals surface area (Å²) in [7, 11) is 0. The van der Waals surface area contributed by atoms with Crippen molar-refractivity contribution in [1.82, 2.24) is 14.7 Å². The number of carbonyl (C=O) groups is 2. The van der Waals surface area contributed by atoms with Crippen LogP contribution in [0.4, 0.5) is 28.0 Å². The molecule has 1 saturated heterocycles. The van der Waals surface area contributed by atoms with Gasteiger partial charge in [-0.25, -0.2) is 9.18 Å². The van der Waals surface area contributed by atoms with E-state index in [2.05, 4.69) is 10.2 Å². The molecule has 0 aliphatic carbocycles. The van der Waals surface area contributed by atoms with Gasteiger partial charge in [0.1, 0.15) is 5.82 Å². The van der Waals surface area contributed by atoms with Crippen LogP contribution in [0.2, 0.25) is 0 Å². The van der Waals surface area contributed by atoms with E-state index in [1.165, 1.54) is 24.3 Å². The highest BCUT2D eigenvalue weighted by atomic mass is 19.4. The van der Waals surface area contributed by atoms with Crippen LogP contribution < -0.4 is 5.32 Å². The third-order valence-electron chi connectivity index (χ3n) is 6.02. The first kappa shape index (κ1) is 27.4. The van der Waals surface area contributed by atoms with Crippen molar-refractivity contribution >= 4 is 17.6 Å². The molecule has 10 heteroatoms. The normalized spacial score (nSPS) is 15.0. The van der Waals surface area contributed by atoms with Gasteiger partial charge in [0.15, 0.2) is 0 Å². The van der Waals surface area contributed by atoms with E-state index in [9.17, 15) is 27.2 Å². The number of anilines is 1. The monoisotopic (exact) mass is 508 g/mol. The minimum absolute atomic E-state index is 0.00128. The predicted molar refractivity (Wildman–Crippen MR) is 130 cm³/mol. The Bertz CT molecular complexity index is 1030. The molecule has 0 radical (unpaired) electrons. The van der Waals surface area contributed by atoms with E-state index < -0.39 is 17.2 Å². The molecule has 1 N–H and O–H groups in total. The zero-order chi connectivity index (χ0) is 26.5. The van der Waals surface area contributed by atoms with Crippen LogP contribution in [0, 0.1) is 11.2 Å². The third kappa shape index (κ3) is 7.68. The quantitative estimate of drug-likeness (QED) is 0.555. The molecule has 3 rings (SSSR count). The van der Waals surface area contributed by atoms with Gasteiger partial charge in [0.05, 0.1) is 5.56 Å². The number of benzene rings is 2. The van der Waals surface area contributed by atoms with Gasteiger partial charge in [0, 0.05) is 56.9 Å². The van der Waals surface area contributed by atoms with E-state index >= 15 is 0 Å². The maximum Gasteiger partial charge on any atom is 0.416 e. The van der Waals surface area contributed by atoms with Crippen LogP contribution in [0.15, 0.2) is 48.5 Å². The van der Waals surface area contributed by atoms with Gasteiger partial charge >= 0.3 is 12.2 Å². The Kier molecular flexibility index (Phi) is 8.60. The number of piperazine rings is 1. The van der Waals surface area contributed by atoms with Crippen molar-refractivity contribution in [2.24, 2.45) is 5.41 Å². The fraction of sp³-hybridized carbons (Fsp3) is 0.462. The van der Waals surface area contributed by atoms with Crippen LogP contribution >= 0.6 is 0 Å². The highest BCUT2D eigenvalue weighted by Gasteiger charge is 2.30. The molecule has 1 aliphatic heterocycles. The number of nitrogens with zero attached hydrogens (tertiary/aromatic N) is 3. The fourth-order valence-corrected chi connectivity index (χ4v) is 3.92. The first-order valence-corrected chi connectivity index (χ1v) is 11.8. The predicted octanol–water partition coefficient (Wildman–Crippen LogP) is 5.07. The molecule has 1 heterocycles. The summed E-state index contributed by atoms with van der Waals surface area (Å²) in [6.07, 6.45) is -4.43. The molecule has 0 atom stereocenters. The zero-order valence-corrected chi connectivity index (χ0v) is 20.7. The minimum atomic E-state index is -4.43. The Morgan fingerprint density at radius 3 is 2.03 bits per heavy atom. The van der Waals surface area contributed by atoms with E-state index in [-0.39, 0.29) is 17.8 Å². The van der Waals surface area contributed by atoms with Crippen LogP contribution in [0.5, 0.6) is 0 Å². The Hall–Kier alpha value is -3.14. The summed E-state index contributed by atoms with van der Waals surface area (Å²) in [4.78, 5) is 31.1. The molecule has 0 unspecified atom stereocenters. The lowest BCUT2D eigenvalue weighted by molar-refractivity contribution is -0.140. The highest BCUT2D eigenvalue weighted by molar-refractivity contribution is 5.89. The van der Waals surface area contributed by atoms with Gasteiger partial charge in [0.25, 0.3) is 0 Å². The van der Waals surface area contributed by atoms with Crippen molar-refractivity contribution in [1.29, 1.82) is 0 Å². The van der Waals surface area contributed by atoms with Crippen LogP contribution in [0.25, 0.3) is 0 Å². The second-order valence-corrected chi connectivity index (χ2v) is 9.94. The van der Waals surface area contributed by atoms with Crippen LogP contribution in [0.3, 0.4) is 0 Å². The van der Waals surface area contributed by atoms with Crippen molar-refractivity contribution < 1.29 is 27.2 Å². The molecule has 36 heavy (non-hydrogen) atoms.